The number of hydrogen-bond donors (Lipinski definition) is 1. The predicted octanol–water partition coefficient (Wildman–Crippen LogP) is 1.72. The molecule has 1 aromatic heterocycles. The van der Waals surface area contributed by atoms with E-state index in [1.54, 1.807) is 11.3 Å². The van der Waals surface area contributed by atoms with Crippen molar-refractivity contribution in [1.29, 1.82) is 0 Å². The molecule has 0 bridgehead atoms. The first kappa shape index (κ1) is 14.0. The molecule has 2 N–H and O–H groups in total. The van der Waals surface area contributed by atoms with Crippen LogP contribution >= 0.6 is 23.6 Å². The number of carbonyl (C=O) groups is 1. The van der Waals surface area contributed by atoms with E-state index < -0.39 is 5.41 Å². The van der Waals surface area contributed by atoms with Gasteiger partial charge >= 0.3 is 0 Å². The monoisotopic (exact) mass is 310 g/mol. The van der Waals surface area contributed by atoms with Gasteiger partial charge in [-0.25, -0.2) is 0 Å². The highest BCUT2D eigenvalue weighted by Gasteiger charge is 2.45. The maximum atomic E-state index is 13.0. The molecule has 4 nitrogen and oxygen atoms in total. The smallest absolute Gasteiger partial charge is 0.236 e. The molecule has 6 heteroatoms. The van der Waals surface area contributed by atoms with Crippen LogP contribution in [-0.4, -0.2) is 35.6 Å². The van der Waals surface area contributed by atoms with Gasteiger partial charge in [0.1, 0.15) is 5.41 Å². The normalized spacial score (nSPS) is 21.3. The van der Waals surface area contributed by atoms with E-state index in [9.17, 15) is 4.79 Å². The van der Waals surface area contributed by atoms with Crippen LogP contribution in [-0.2, 0) is 22.5 Å². The maximum Gasteiger partial charge on any atom is 0.236 e. The Morgan fingerprint density at radius 3 is 2.90 bits per heavy atom. The molecule has 0 aliphatic carbocycles. The van der Waals surface area contributed by atoms with Gasteiger partial charge in [0.2, 0.25) is 5.91 Å². The van der Waals surface area contributed by atoms with Crippen molar-refractivity contribution in [3.8, 4) is 0 Å². The van der Waals surface area contributed by atoms with Crippen molar-refractivity contribution in [2.75, 3.05) is 19.8 Å². The first-order valence-electron chi connectivity index (χ1n) is 6.86. The third-order valence-electron chi connectivity index (χ3n) is 4.32. The Balaban J connectivity index is 1.82. The summed E-state index contributed by atoms with van der Waals surface area (Å²) in [4.78, 5) is 16.6. The fourth-order valence-electron chi connectivity index (χ4n) is 3.01. The van der Waals surface area contributed by atoms with Gasteiger partial charge in [-0.2, -0.15) is 0 Å². The summed E-state index contributed by atoms with van der Waals surface area (Å²) < 4.78 is 5.37. The molecule has 0 unspecified atom stereocenters. The quantitative estimate of drug-likeness (QED) is 0.845. The van der Waals surface area contributed by atoms with Crippen LogP contribution in [0.2, 0.25) is 0 Å². The second-order valence-corrected chi connectivity index (χ2v) is 6.84. The first-order valence-corrected chi connectivity index (χ1v) is 8.14. The maximum absolute atomic E-state index is 13.0. The van der Waals surface area contributed by atoms with Crippen molar-refractivity contribution >= 4 is 34.5 Å². The number of thiophene rings is 1. The molecule has 3 rings (SSSR count). The summed E-state index contributed by atoms with van der Waals surface area (Å²) in [5, 5.41) is 2.09. The summed E-state index contributed by atoms with van der Waals surface area (Å²) in [5.41, 5.74) is 6.49. The zero-order valence-electron chi connectivity index (χ0n) is 11.3. The molecular weight excluding hydrogens is 292 g/mol. The molecule has 0 radical (unpaired) electrons. The number of fused-ring (bicyclic) bond motifs is 1. The zero-order valence-corrected chi connectivity index (χ0v) is 12.9. The number of hydrogen-bond acceptors (Lipinski definition) is 4. The van der Waals surface area contributed by atoms with Crippen molar-refractivity contribution in [2.24, 2.45) is 11.1 Å². The van der Waals surface area contributed by atoms with Gasteiger partial charge in [-0.1, -0.05) is 12.2 Å². The number of thiocarbonyl (C=S) groups is 1. The SMILES string of the molecule is NC(=S)C1(C(=O)N2CCc3sccc3C2)CCOCC1. The highest BCUT2D eigenvalue weighted by Crippen LogP contribution is 2.35. The van der Waals surface area contributed by atoms with Gasteiger partial charge in [0.15, 0.2) is 0 Å². The third-order valence-corrected chi connectivity index (χ3v) is 5.74. The Kier molecular flexibility index (Phi) is 3.79. The standard InChI is InChI=1S/C14H18N2O2S2/c15-12(19)14(3-6-18-7-4-14)13(17)16-5-1-11-10(9-16)2-8-20-11/h2,8H,1,3-7,9H2,(H2,15,19). The van der Waals surface area contributed by atoms with E-state index in [0.29, 0.717) is 37.6 Å². The van der Waals surface area contributed by atoms with Gasteiger partial charge in [-0.05, 0) is 36.3 Å². The Morgan fingerprint density at radius 2 is 2.20 bits per heavy atom. The van der Waals surface area contributed by atoms with Gasteiger partial charge < -0.3 is 15.4 Å². The van der Waals surface area contributed by atoms with E-state index in [2.05, 4.69) is 11.4 Å². The minimum atomic E-state index is -0.693. The van der Waals surface area contributed by atoms with Gasteiger partial charge in [0.05, 0.1) is 4.99 Å². The van der Waals surface area contributed by atoms with Crippen LogP contribution in [0.4, 0.5) is 0 Å². The third kappa shape index (κ3) is 2.25. The van der Waals surface area contributed by atoms with E-state index in [0.717, 1.165) is 13.0 Å². The van der Waals surface area contributed by atoms with Crippen LogP contribution in [0, 0.1) is 5.41 Å². The van der Waals surface area contributed by atoms with E-state index in [1.807, 2.05) is 4.90 Å². The van der Waals surface area contributed by atoms with Gasteiger partial charge in [-0.15, -0.1) is 11.3 Å². The second-order valence-electron chi connectivity index (χ2n) is 5.40. The van der Waals surface area contributed by atoms with Crippen molar-refractivity contribution < 1.29 is 9.53 Å². The molecule has 1 saturated heterocycles. The molecule has 0 spiro atoms. The number of rotatable bonds is 2. The molecular formula is C14H18N2O2S2. The summed E-state index contributed by atoms with van der Waals surface area (Å²) in [6, 6.07) is 2.11. The summed E-state index contributed by atoms with van der Waals surface area (Å²) >= 11 is 6.98. The van der Waals surface area contributed by atoms with Gasteiger partial charge in [0.25, 0.3) is 0 Å². The van der Waals surface area contributed by atoms with Gasteiger partial charge in [-0.3, -0.25) is 4.79 Å². The average Bonchev–Trinajstić information content (AvgIpc) is 2.94. The van der Waals surface area contributed by atoms with Crippen LogP contribution < -0.4 is 5.73 Å². The number of ether oxygens (including phenoxy) is 1. The second kappa shape index (κ2) is 5.42. The van der Waals surface area contributed by atoms with E-state index in [4.69, 9.17) is 22.7 Å². The fourth-order valence-corrected chi connectivity index (χ4v) is 4.19. The molecule has 1 fully saturated rings. The minimum absolute atomic E-state index is 0.0881. The Bertz CT molecular complexity index is 535. The molecule has 1 amide bonds. The summed E-state index contributed by atoms with van der Waals surface area (Å²) in [7, 11) is 0. The minimum Gasteiger partial charge on any atom is -0.392 e. The zero-order chi connectivity index (χ0) is 14.2. The lowest BCUT2D eigenvalue weighted by Crippen LogP contribution is -2.54. The highest BCUT2D eigenvalue weighted by molar-refractivity contribution is 7.80. The molecule has 0 atom stereocenters. The van der Waals surface area contributed by atoms with E-state index in [1.165, 1.54) is 10.4 Å². The Hall–Kier alpha value is -0.980. The number of nitrogens with two attached hydrogens (primary N) is 1. The van der Waals surface area contributed by atoms with Crippen molar-refractivity contribution in [2.45, 2.75) is 25.8 Å². The topological polar surface area (TPSA) is 55.6 Å². The number of nitrogens with zero attached hydrogens (tertiary/aromatic N) is 1. The number of amides is 1. The highest BCUT2D eigenvalue weighted by atomic mass is 32.1. The van der Waals surface area contributed by atoms with Crippen LogP contribution in [0.25, 0.3) is 0 Å². The van der Waals surface area contributed by atoms with Crippen LogP contribution in [0.5, 0.6) is 0 Å². The largest absolute Gasteiger partial charge is 0.392 e. The van der Waals surface area contributed by atoms with Crippen LogP contribution in [0.3, 0.4) is 0 Å². The molecule has 0 saturated carbocycles. The van der Waals surface area contributed by atoms with Crippen molar-refractivity contribution in [1.82, 2.24) is 4.90 Å². The predicted molar refractivity (Wildman–Crippen MR) is 82.7 cm³/mol. The van der Waals surface area contributed by atoms with E-state index >= 15 is 0 Å². The molecule has 2 aliphatic heterocycles. The molecule has 0 aromatic carbocycles. The lowest BCUT2D eigenvalue weighted by molar-refractivity contribution is -0.143. The van der Waals surface area contributed by atoms with E-state index in [-0.39, 0.29) is 5.91 Å². The Labute approximate surface area is 127 Å². The molecule has 108 valence electrons. The number of carbonyl (C=O) groups excluding carboxylic acids is 1. The lowest BCUT2D eigenvalue weighted by Gasteiger charge is -2.40. The molecule has 3 heterocycles. The fraction of sp³-hybridized carbons (Fsp3) is 0.571. The summed E-state index contributed by atoms with van der Waals surface area (Å²) in [5.74, 6) is 0.0881. The average molecular weight is 310 g/mol. The Morgan fingerprint density at radius 1 is 1.45 bits per heavy atom. The molecule has 1 aromatic rings. The van der Waals surface area contributed by atoms with Crippen LogP contribution in [0.15, 0.2) is 11.4 Å². The molecule has 2 aliphatic rings. The summed E-state index contributed by atoms with van der Waals surface area (Å²) in [6.07, 6.45) is 2.14. The van der Waals surface area contributed by atoms with Gasteiger partial charge in [0, 0.05) is 31.2 Å². The molecule has 20 heavy (non-hydrogen) atoms. The van der Waals surface area contributed by atoms with Crippen molar-refractivity contribution in [3.05, 3.63) is 21.9 Å². The first-order chi connectivity index (χ1) is 9.63. The lowest BCUT2D eigenvalue weighted by atomic mass is 9.78. The van der Waals surface area contributed by atoms with Crippen LogP contribution in [0.1, 0.15) is 23.3 Å². The summed E-state index contributed by atoms with van der Waals surface area (Å²) in [6.45, 7) is 2.56. The van der Waals surface area contributed by atoms with Crippen molar-refractivity contribution in [3.63, 3.8) is 0 Å².